The molecule has 4 atom stereocenters. The Bertz CT molecular complexity index is 352. The quantitative estimate of drug-likeness (QED) is 0.612. The van der Waals surface area contributed by atoms with Crippen molar-refractivity contribution in [2.24, 2.45) is 17.8 Å². The molecular formula is C22H44N2. The van der Waals surface area contributed by atoms with Crippen molar-refractivity contribution in [2.75, 3.05) is 19.6 Å². The van der Waals surface area contributed by atoms with Gasteiger partial charge in [0.2, 0.25) is 0 Å². The molecule has 4 unspecified atom stereocenters. The molecule has 142 valence electrons. The summed E-state index contributed by atoms with van der Waals surface area (Å²) in [6.45, 7) is 18.6. The molecule has 0 aromatic rings. The number of hydrogen-bond donors (Lipinski definition) is 0. The van der Waals surface area contributed by atoms with E-state index in [1.165, 1.54) is 64.6 Å². The van der Waals surface area contributed by atoms with Gasteiger partial charge in [-0.2, -0.15) is 0 Å². The van der Waals surface area contributed by atoms with Crippen LogP contribution in [0.4, 0.5) is 0 Å². The maximum atomic E-state index is 2.79. The van der Waals surface area contributed by atoms with E-state index in [2.05, 4.69) is 51.3 Å². The number of nitrogens with zero attached hydrogens (tertiary/aromatic N) is 2. The average molecular weight is 337 g/mol. The Morgan fingerprint density at radius 3 is 2.25 bits per heavy atom. The third-order valence-electron chi connectivity index (χ3n) is 7.01. The van der Waals surface area contributed by atoms with Crippen molar-refractivity contribution in [2.45, 2.75) is 105 Å². The molecular weight excluding hydrogens is 292 g/mol. The normalized spacial score (nSPS) is 30.0. The summed E-state index contributed by atoms with van der Waals surface area (Å²) in [5, 5.41) is 0. The van der Waals surface area contributed by atoms with E-state index in [1.54, 1.807) is 0 Å². The van der Waals surface area contributed by atoms with E-state index >= 15 is 0 Å². The predicted molar refractivity (Wildman–Crippen MR) is 106 cm³/mol. The molecule has 2 nitrogen and oxygen atoms in total. The highest BCUT2D eigenvalue weighted by Crippen LogP contribution is 2.30. The second-order valence-corrected chi connectivity index (χ2v) is 9.44. The van der Waals surface area contributed by atoms with E-state index in [9.17, 15) is 0 Å². The van der Waals surface area contributed by atoms with Gasteiger partial charge in [0.25, 0.3) is 0 Å². The minimum atomic E-state index is 0.712. The van der Waals surface area contributed by atoms with Crippen LogP contribution in [0.15, 0.2) is 0 Å². The third kappa shape index (κ3) is 5.46. The van der Waals surface area contributed by atoms with Crippen molar-refractivity contribution < 1.29 is 0 Å². The zero-order chi connectivity index (χ0) is 17.7. The largest absolute Gasteiger partial charge is 0.300 e. The van der Waals surface area contributed by atoms with Crippen LogP contribution in [0.25, 0.3) is 0 Å². The Morgan fingerprint density at radius 2 is 1.58 bits per heavy atom. The van der Waals surface area contributed by atoms with E-state index in [-0.39, 0.29) is 0 Å². The Hall–Kier alpha value is -0.0800. The first-order valence-electron chi connectivity index (χ1n) is 10.9. The predicted octanol–water partition coefficient (Wildman–Crippen LogP) is 5.42. The van der Waals surface area contributed by atoms with E-state index in [1.807, 2.05) is 0 Å². The first kappa shape index (κ1) is 20.2. The van der Waals surface area contributed by atoms with Crippen molar-refractivity contribution in [3.05, 3.63) is 0 Å². The van der Waals surface area contributed by atoms with Gasteiger partial charge < -0.3 is 4.90 Å². The fraction of sp³-hybridized carbons (Fsp3) is 1.00. The third-order valence-corrected chi connectivity index (χ3v) is 7.01. The molecule has 2 heteroatoms. The zero-order valence-electron chi connectivity index (χ0n) is 17.4. The monoisotopic (exact) mass is 336 g/mol. The molecule has 0 bridgehead atoms. The highest BCUT2D eigenvalue weighted by molar-refractivity contribution is 4.85. The van der Waals surface area contributed by atoms with Gasteiger partial charge >= 0.3 is 0 Å². The maximum Gasteiger partial charge on any atom is 0.0124 e. The second kappa shape index (κ2) is 9.57. The molecule has 2 heterocycles. The SMILES string of the molecule is CC(C)C1CCCN(C(C)CCC(C)C2CCCCN2C(C)C)C1. The number of piperidine rings is 2. The molecule has 0 aliphatic carbocycles. The van der Waals surface area contributed by atoms with Crippen LogP contribution < -0.4 is 0 Å². The van der Waals surface area contributed by atoms with Crippen LogP contribution in [0.3, 0.4) is 0 Å². The Balaban J connectivity index is 1.80. The van der Waals surface area contributed by atoms with Crippen LogP contribution in [-0.2, 0) is 0 Å². The van der Waals surface area contributed by atoms with Crippen molar-refractivity contribution in [1.29, 1.82) is 0 Å². The summed E-state index contributed by atoms with van der Waals surface area (Å²) < 4.78 is 0. The Labute approximate surface area is 152 Å². The van der Waals surface area contributed by atoms with Crippen molar-refractivity contribution in [3.8, 4) is 0 Å². The lowest BCUT2D eigenvalue weighted by molar-refractivity contribution is 0.0628. The summed E-state index contributed by atoms with van der Waals surface area (Å²) in [5.41, 5.74) is 0. The van der Waals surface area contributed by atoms with Gasteiger partial charge in [0.1, 0.15) is 0 Å². The molecule has 0 amide bonds. The molecule has 0 radical (unpaired) electrons. The Kier molecular flexibility index (Phi) is 8.07. The van der Waals surface area contributed by atoms with Gasteiger partial charge in [-0.05, 0) is 90.1 Å². The summed E-state index contributed by atoms with van der Waals surface area (Å²) in [6, 6.07) is 2.31. The maximum absolute atomic E-state index is 2.79. The standard InChI is InChI=1S/C22H44N2/c1-17(2)21-10-9-14-23(16-21)20(6)13-12-19(5)22-11-7-8-15-24(22)18(3)4/h17-22H,7-16H2,1-6H3. The summed E-state index contributed by atoms with van der Waals surface area (Å²) in [5.74, 6) is 2.62. The molecule has 2 rings (SSSR count). The zero-order valence-corrected chi connectivity index (χ0v) is 17.4. The average Bonchev–Trinajstić information content (AvgIpc) is 2.59. The summed E-state index contributed by atoms with van der Waals surface area (Å²) in [7, 11) is 0. The van der Waals surface area contributed by atoms with Crippen LogP contribution in [0.2, 0.25) is 0 Å². The molecule has 0 saturated carbocycles. The number of likely N-dealkylation sites (tertiary alicyclic amines) is 2. The molecule has 0 spiro atoms. The molecule has 2 aliphatic rings. The van der Waals surface area contributed by atoms with Gasteiger partial charge in [0.15, 0.2) is 0 Å². The highest BCUT2D eigenvalue weighted by atomic mass is 15.2. The van der Waals surface area contributed by atoms with Crippen LogP contribution in [0.1, 0.15) is 86.5 Å². The van der Waals surface area contributed by atoms with Crippen LogP contribution >= 0.6 is 0 Å². The number of hydrogen-bond acceptors (Lipinski definition) is 2. The molecule has 0 aromatic carbocycles. The Morgan fingerprint density at radius 1 is 0.833 bits per heavy atom. The smallest absolute Gasteiger partial charge is 0.0124 e. The van der Waals surface area contributed by atoms with Crippen LogP contribution in [0, 0.1) is 17.8 Å². The van der Waals surface area contributed by atoms with Gasteiger partial charge in [-0.25, -0.2) is 0 Å². The first-order chi connectivity index (χ1) is 11.4. The number of rotatable bonds is 7. The topological polar surface area (TPSA) is 6.48 Å². The van der Waals surface area contributed by atoms with Gasteiger partial charge in [-0.3, -0.25) is 4.90 Å². The van der Waals surface area contributed by atoms with Gasteiger partial charge in [-0.1, -0.05) is 27.2 Å². The van der Waals surface area contributed by atoms with Gasteiger partial charge in [-0.15, -0.1) is 0 Å². The molecule has 0 aromatic heterocycles. The summed E-state index contributed by atoms with van der Waals surface area (Å²) in [4.78, 5) is 5.58. The minimum Gasteiger partial charge on any atom is -0.300 e. The fourth-order valence-electron chi connectivity index (χ4n) is 5.10. The highest BCUT2D eigenvalue weighted by Gasteiger charge is 2.30. The minimum absolute atomic E-state index is 0.712. The molecule has 2 aliphatic heterocycles. The van der Waals surface area contributed by atoms with E-state index in [0.717, 1.165) is 29.8 Å². The van der Waals surface area contributed by atoms with E-state index in [4.69, 9.17) is 0 Å². The van der Waals surface area contributed by atoms with Gasteiger partial charge in [0.05, 0.1) is 0 Å². The lowest BCUT2D eigenvalue weighted by Gasteiger charge is -2.43. The van der Waals surface area contributed by atoms with E-state index < -0.39 is 0 Å². The van der Waals surface area contributed by atoms with Crippen LogP contribution in [0.5, 0.6) is 0 Å². The first-order valence-corrected chi connectivity index (χ1v) is 10.9. The lowest BCUT2D eigenvalue weighted by Crippen LogP contribution is -2.47. The molecule has 2 saturated heterocycles. The van der Waals surface area contributed by atoms with Crippen molar-refractivity contribution >= 4 is 0 Å². The molecule has 2 fully saturated rings. The molecule has 0 N–H and O–H groups in total. The van der Waals surface area contributed by atoms with E-state index in [0.29, 0.717) is 6.04 Å². The van der Waals surface area contributed by atoms with Gasteiger partial charge in [0, 0.05) is 24.7 Å². The summed E-state index contributed by atoms with van der Waals surface area (Å²) in [6.07, 6.45) is 9.91. The fourth-order valence-corrected chi connectivity index (χ4v) is 5.10. The summed E-state index contributed by atoms with van der Waals surface area (Å²) >= 11 is 0. The second-order valence-electron chi connectivity index (χ2n) is 9.44. The van der Waals surface area contributed by atoms with Crippen LogP contribution in [-0.4, -0.2) is 47.6 Å². The lowest BCUT2D eigenvalue weighted by atomic mass is 9.85. The van der Waals surface area contributed by atoms with Crippen molar-refractivity contribution in [1.82, 2.24) is 9.80 Å². The van der Waals surface area contributed by atoms with Crippen molar-refractivity contribution in [3.63, 3.8) is 0 Å². The molecule has 24 heavy (non-hydrogen) atoms.